The molecule has 224 valence electrons. The van der Waals surface area contributed by atoms with Gasteiger partial charge in [-0.15, -0.1) is 0 Å². The molecule has 5 atom stereocenters. The van der Waals surface area contributed by atoms with Crippen LogP contribution in [0.1, 0.15) is 52.5 Å². The minimum absolute atomic E-state index is 0.00228. The zero-order valence-corrected chi connectivity index (χ0v) is 24.0. The van der Waals surface area contributed by atoms with E-state index in [1.54, 1.807) is 24.3 Å². The van der Waals surface area contributed by atoms with Gasteiger partial charge in [-0.25, -0.2) is 0 Å². The van der Waals surface area contributed by atoms with Gasteiger partial charge in [0.2, 0.25) is 29.5 Å². The maximum absolute atomic E-state index is 13.7. The molecule has 0 aromatic heterocycles. The van der Waals surface area contributed by atoms with Crippen LogP contribution in [0.2, 0.25) is 0 Å². The summed E-state index contributed by atoms with van der Waals surface area (Å²) in [7, 11) is 0. The maximum Gasteiger partial charge on any atom is 0.325 e. The Morgan fingerprint density at radius 3 is 2.15 bits per heavy atom. The van der Waals surface area contributed by atoms with Crippen molar-refractivity contribution in [2.45, 2.75) is 83.6 Å². The van der Waals surface area contributed by atoms with Crippen LogP contribution < -0.4 is 21.3 Å². The molecule has 2 rings (SSSR count). The minimum Gasteiger partial charge on any atom is -0.480 e. The van der Waals surface area contributed by atoms with Crippen LogP contribution in [0.5, 0.6) is 0 Å². The number of carboxylic acids is 1. The quantitative estimate of drug-likeness (QED) is 0.202. The topological polar surface area (TPSA) is 174 Å². The van der Waals surface area contributed by atoms with E-state index >= 15 is 0 Å². The molecule has 1 aliphatic heterocycles. The number of benzene rings is 1. The number of amides is 5. The number of nitrogens with zero attached hydrogens (tertiary/aromatic N) is 1. The summed E-state index contributed by atoms with van der Waals surface area (Å²) in [4.78, 5) is 77.2. The Morgan fingerprint density at radius 2 is 1.56 bits per heavy atom. The van der Waals surface area contributed by atoms with Crippen LogP contribution >= 0.6 is 0 Å². The van der Waals surface area contributed by atoms with E-state index in [2.05, 4.69) is 27.8 Å². The van der Waals surface area contributed by atoms with Gasteiger partial charge >= 0.3 is 5.97 Å². The lowest BCUT2D eigenvalue weighted by Crippen LogP contribution is -2.59. The molecule has 1 aromatic carbocycles. The summed E-state index contributed by atoms with van der Waals surface area (Å²) in [5.41, 5.74) is 0.770. The van der Waals surface area contributed by atoms with E-state index in [4.69, 9.17) is 5.11 Å². The highest BCUT2D eigenvalue weighted by atomic mass is 16.4. The van der Waals surface area contributed by atoms with Gasteiger partial charge in [0.1, 0.15) is 30.2 Å². The molecular formula is C29H41N5O7. The number of hydrogen-bond acceptors (Lipinski definition) is 6. The molecule has 1 saturated heterocycles. The Bertz CT molecular complexity index is 1120. The molecule has 5 N–H and O–H groups in total. The van der Waals surface area contributed by atoms with Crippen molar-refractivity contribution in [1.82, 2.24) is 26.2 Å². The third-order valence-electron chi connectivity index (χ3n) is 6.74. The lowest BCUT2D eigenvalue weighted by molar-refractivity contribution is -0.144. The van der Waals surface area contributed by atoms with Gasteiger partial charge < -0.3 is 31.3 Å². The number of rotatable bonds is 14. The summed E-state index contributed by atoms with van der Waals surface area (Å²) >= 11 is 0. The first-order chi connectivity index (χ1) is 19.3. The molecule has 0 aliphatic carbocycles. The van der Waals surface area contributed by atoms with E-state index in [1.165, 1.54) is 18.7 Å². The van der Waals surface area contributed by atoms with Crippen LogP contribution in [-0.2, 0) is 35.2 Å². The van der Waals surface area contributed by atoms with Crippen molar-refractivity contribution in [3.63, 3.8) is 0 Å². The highest BCUT2D eigenvalue weighted by Gasteiger charge is 2.39. The largest absolute Gasteiger partial charge is 0.480 e. The Labute approximate surface area is 240 Å². The fourth-order valence-electron chi connectivity index (χ4n) is 4.53. The molecule has 0 unspecified atom stereocenters. The molecule has 0 saturated carbocycles. The summed E-state index contributed by atoms with van der Waals surface area (Å²) in [6.07, 6.45) is 2.36. The summed E-state index contributed by atoms with van der Waals surface area (Å²) < 4.78 is 0. The zero-order chi connectivity index (χ0) is 30.7. The zero-order valence-electron chi connectivity index (χ0n) is 24.0. The SMILES string of the molecule is C=CC(=O)N[C@@H](C)C(=O)N[C@@H](Cc1ccccc1)C(=O)N[C@@H](CC(C)C)C(=O)N1CCC[C@H]1C(=O)N[C@@H](C)C(=O)O. The third-order valence-corrected chi connectivity index (χ3v) is 6.74. The molecule has 1 aliphatic rings. The Kier molecular flexibility index (Phi) is 12.5. The fraction of sp³-hybridized carbons (Fsp3) is 0.517. The van der Waals surface area contributed by atoms with Gasteiger partial charge in [0, 0.05) is 13.0 Å². The van der Waals surface area contributed by atoms with Gasteiger partial charge in [0.25, 0.3) is 0 Å². The molecule has 41 heavy (non-hydrogen) atoms. The van der Waals surface area contributed by atoms with Gasteiger partial charge in [-0.3, -0.25) is 28.8 Å². The van der Waals surface area contributed by atoms with Gasteiger partial charge in [0.05, 0.1) is 0 Å². The van der Waals surface area contributed by atoms with Crippen LogP contribution in [0.3, 0.4) is 0 Å². The van der Waals surface area contributed by atoms with E-state index < -0.39 is 65.7 Å². The molecule has 0 bridgehead atoms. The van der Waals surface area contributed by atoms with Crippen molar-refractivity contribution < 1.29 is 33.9 Å². The lowest BCUT2D eigenvalue weighted by atomic mass is 10.00. The van der Waals surface area contributed by atoms with Crippen molar-refractivity contribution in [2.24, 2.45) is 5.92 Å². The van der Waals surface area contributed by atoms with Crippen LogP contribution in [-0.4, -0.2) is 82.3 Å². The highest BCUT2D eigenvalue weighted by molar-refractivity contribution is 5.97. The van der Waals surface area contributed by atoms with Gasteiger partial charge in [0.15, 0.2) is 0 Å². The molecule has 1 aromatic rings. The number of nitrogens with one attached hydrogen (secondary N) is 4. The number of aliphatic carboxylic acids is 1. The first-order valence-corrected chi connectivity index (χ1v) is 13.7. The highest BCUT2D eigenvalue weighted by Crippen LogP contribution is 2.21. The number of carbonyl (C=O) groups is 6. The van der Waals surface area contributed by atoms with Gasteiger partial charge in [-0.1, -0.05) is 50.8 Å². The molecule has 1 heterocycles. The summed E-state index contributed by atoms with van der Waals surface area (Å²) in [6.45, 7) is 10.3. The molecular weight excluding hydrogens is 530 g/mol. The number of carbonyl (C=O) groups excluding carboxylic acids is 5. The van der Waals surface area contributed by atoms with Crippen molar-refractivity contribution in [1.29, 1.82) is 0 Å². The molecule has 1 fully saturated rings. The molecule has 0 spiro atoms. The van der Waals surface area contributed by atoms with Gasteiger partial charge in [-0.2, -0.15) is 0 Å². The Hall–Kier alpha value is -4.22. The first kappa shape index (κ1) is 33.0. The first-order valence-electron chi connectivity index (χ1n) is 13.7. The average molecular weight is 572 g/mol. The third kappa shape index (κ3) is 10.0. The number of carboxylic acid groups (broad SMARTS) is 1. The van der Waals surface area contributed by atoms with Gasteiger partial charge in [-0.05, 0) is 50.7 Å². The molecule has 5 amide bonds. The number of hydrogen-bond donors (Lipinski definition) is 5. The van der Waals surface area contributed by atoms with E-state index in [0.717, 1.165) is 11.6 Å². The van der Waals surface area contributed by atoms with Crippen molar-refractivity contribution >= 4 is 35.5 Å². The fourth-order valence-corrected chi connectivity index (χ4v) is 4.53. The second kappa shape index (κ2) is 15.5. The summed E-state index contributed by atoms with van der Waals surface area (Å²) in [5, 5.41) is 19.5. The van der Waals surface area contributed by atoms with Crippen molar-refractivity contribution in [2.75, 3.05) is 6.54 Å². The normalized spacial score (nSPS) is 17.5. The molecule has 12 heteroatoms. The maximum atomic E-state index is 13.7. The monoisotopic (exact) mass is 571 g/mol. The van der Waals surface area contributed by atoms with E-state index in [-0.39, 0.29) is 25.3 Å². The Balaban J connectivity index is 2.25. The van der Waals surface area contributed by atoms with Crippen LogP contribution in [0, 0.1) is 5.92 Å². The molecule has 12 nitrogen and oxygen atoms in total. The van der Waals surface area contributed by atoms with E-state index in [1.807, 2.05) is 19.9 Å². The summed E-state index contributed by atoms with van der Waals surface area (Å²) in [5.74, 6) is -3.93. The minimum atomic E-state index is -1.19. The Morgan fingerprint density at radius 1 is 0.927 bits per heavy atom. The standard InChI is InChI=1S/C29H41N5O7/c1-6-24(35)30-18(4)25(36)32-21(16-20-11-8-7-9-12-20)26(37)33-22(15-17(2)3)28(39)34-14-10-13-23(34)27(38)31-19(5)29(40)41/h6-9,11-12,17-19,21-23H,1,10,13-16H2,2-5H3,(H,30,35)(H,31,38)(H,32,36)(H,33,37)(H,40,41)/t18-,19-,21-,22-,23-/m0/s1. The van der Waals surface area contributed by atoms with E-state index in [9.17, 15) is 28.8 Å². The lowest BCUT2D eigenvalue weighted by Gasteiger charge is -2.31. The molecule has 0 radical (unpaired) electrons. The van der Waals surface area contributed by atoms with Crippen molar-refractivity contribution in [3.05, 3.63) is 48.6 Å². The van der Waals surface area contributed by atoms with Crippen LogP contribution in [0.25, 0.3) is 0 Å². The summed E-state index contributed by atoms with van der Waals surface area (Å²) in [6, 6.07) is 4.05. The predicted octanol–water partition coefficient (Wildman–Crippen LogP) is 0.516. The smallest absolute Gasteiger partial charge is 0.325 e. The van der Waals surface area contributed by atoms with Crippen LogP contribution in [0.15, 0.2) is 43.0 Å². The number of likely N-dealkylation sites (tertiary alicyclic amines) is 1. The van der Waals surface area contributed by atoms with E-state index in [0.29, 0.717) is 12.8 Å². The second-order valence-corrected chi connectivity index (χ2v) is 10.6. The predicted molar refractivity (Wildman–Crippen MR) is 151 cm³/mol. The second-order valence-electron chi connectivity index (χ2n) is 10.6. The van der Waals surface area contributed by atoms with Crippen LogP contribution in [0.4, 0.5) is 0 Å². The van der Waals surface area contributed by atoms with Crippen molar-refractivity contribution in [3.8, 4) is 0 Å². The average Bonchev–Trinajstić information content (AvgIpc) is 3.42.